The van der Waals surface area contributed by atoms with Crippen molar-refractivity contribution in [2.24, 2.45) is 0 Å². The van der Waals surface area contributed by atoms with Crippen molar-refractivity contribution in [3.63, 3.8) is 0 Å². The molecule has 1 aromatic heterocycles. The number of thioether (sulfide) groups is 1. The van der Waals surface area contributed by atoms with Crippen molar-refractivity contribution in [1.82, 2.24) is 0 Å². The minimum absolute atomic E-state index is 0.0243. The van der Waals surface area contributed by atoms with Crippen molar-refractivity contribution < 1.29 is 9.21 Å². The first-order chi connectivity index (χ1) is 7.74. The van der Waals surface area contributed by atoms with Gasteiger partial charge in [-0.15, -0.1) is 0 Å². The summed E-state index contributed by atoms with van der Waals surface area (Å²) < 4.78 is 5.33. The lowest BCUT2D eigenvalue weighted by molar-refractivity contribution is 0.103. The highest BCUT2D eigenvalue weighted by Crippen LogP contribution is 2.27. The highest BCUT2D eigenvalue weighted by atomic mass is 32.2. The Morgan fingerprint density at radius 2 is 1.94 bits per heavy atom. The summed E-state index contributed by atoms with van der Waals surface area (Å²) in [5, 5.41) is 0.686. The third-order valence-electron chi connectivity index (χ3n) is 2.39. The Labute approximate surface area is 98.7 Å². The van der Waals surface area contributed by atoms with Crippen LogP contribution in [0.2, 0.25) is 0 Å². The largest absolute Gasteiger partial charge is 0.457 e. The first-order valence-electron chi connectivity index (χ1n) is 4.96. The highest BCUT2D eigenvalue weighted by molar-refractivity contribution is 7.98. The number of aryl methyl sites for hydroxylation is 1. The van der Waals surface area contributed by atoms with E-state index >= 15 is 0 Å². The number of hydrogen-bond donors (Lipinski definition) is 0. The molecule has 0 aliphatic heterocycles. The van der Waals surface area contributed by atoms with Crippen LogP contribution >= 0.6 is 11.8 Å². The van der Waals surface area contributed by atoms with Gasteiger partial charge in [0.25, 0.3) is 0 Å². The predicted molar refractivity (Wildman–Crippen MR) is 65.1 cm³/mol. The molecule has 0 aliphatic rings. The molecule has 0 aliphatic carbocycles. The first kappa shape index (κ1) is 11.0. The standard InChI is InChI=1S/C13H12O2S/c1-9-8-15-13(16-2)11(9)12(14)10-6-4-3-5-7-10/h3-8H,1-2H3. The Hall–Kier alpha value is -1.48. The SMILES string of the molecule is CSc1occ(C)c1C(=O)c1ccccc1. The Kier molecular flexibility index (Phi) is 3.15. The Morgan fingerprint density at radius 1 is 1.25 bits per heavy atom. The molecule has 0 unspecified atom stereocenters. The van der Waals surface area contributed by atoms with Gasteiger partial charge in [-0.25, -0.2) is 0 Å². The fourth-order valence-electron chi connectivity index (χ4n) is 1.58. The zero-order valence-corrected chi connectivity index (χ0v) is 10.0. The molecule has 0 saturated heterocycles. The predicted octanol–water partition coefficient (Wildman–Crippen LogP) is 3.54. The van der Waals surface area contributed by atoms with Crippen LogP contribution in [-0.2, 0) is 0 Å². The molecular weight excluding hydrogens is 220 g/mol. The van der Waals surface area contributed by atoms with E-state index in [9.17, 15) is 4.79 Å². The van der Waals surface area contributed by atoms with Gasteiger partial charge in [-0.05, 0) is 18.7 Å². The van der Waals surface area contributed by atoms with Crippen molar-refractivity contribution in [2.45, 2.75) is 12.0 Å². The first-order valence-corrected chi connectivity index (χ1v) is 6.18. The van der Waals surface area contributed by atoms with E-state index in [4.69, 9.17) is 4.42 Å². The summed E-state index contributed by atoms with van der Waals surface area (Å²) in [4.78, 5) is 12.2. The molecule has 3 heteroatoms. The molecule has 0 atom stereocenters. The number of ketones is 1. The number of rotatable bonds is 3. The molecule has 2 nitrogen and oxygen atoms in total. The van der Waals surface area contributed by atoms with Crippen LogP contribution in [0.5, 0.6) is 0 Å². The summed E-state index contributed by atoms with van der Waals surface area (Å²) in [6.45, 7) is 1.89. The number of hydrogen-bond acceptors (Lipinski definition) is 3. The van der Waals surface area contributed by atoms with E-state index in [1.54, 1.807) is 6.26 Å². The molecule has 0 N–H and O–H groups in total. The molecule has 2 aromatic rings. The van der Waals surface area contributed by atoms with Crippen molar-refractivity contribution in [3.8, 4) is 0 Å². The fraction of sp³-hybridized carbons (Fsp3) is 0.154. The van der Waals surface area contributed by atoms with Crippen molar-refractivity contribution in [1.29, 1.82) is 0 Å². The lowest BCUT2D eigenvalue weighted by Crippen LogP contribution is -2.02. The van der Waals surface area contributed by atoms with Crippen LogP contribution in [0.25, 0.3) is 0 Å². The second-order valence-corrected chi connectivity index (χ2v) is 4.26. The topological polar surface area (TPSA) is 30.2 Å². The Balaban J connectivity index is 2.45. The molecule has 0 fully saturated rings. The van der Waals surface area contributed by atoms with Gasteiger partial charge in [-0.1, -0.05) is 42.1 Å². The molecule has 0 spiro atoms. The minimum Gasteiger partial charge on any atom is -0.457 e. The van der Waals surface area contributed by atoms with Gasteiger partial charge in [0.15, 0.2) is 10.9 Å². The lowest BCUT2D eigenvalue weighted by Gasteiger charge is -2.01. The highest BCUT2D eigenvalue weighted by Gasteiger charge is 2.18. The smallest absolute Gasteiger partial charge is 0.197 e. The van der Waals surface area contributed by atoms with Gasteiger partial charge in [0.1, 0.15) is 0 Å². The van der Waals surface area contributed by atoms with Crippen molar-refractivity contribution in [2.75, 3.05) is 6.26 Å². The Morgan fingerprint density at radius 3 is 2.56 bits per heavy atom. The maximum Gasteiger partial charge on any atom is 0.197 e. The van der Waals surface area contributed by atoms with Gasteiger partial charge >= 0.3 is 0 Å². The van der Waals surface area contributed by atoms with Crippen LogP contribution in [0.15, 0.2) is 46.1 Å². The molecule has 1 aromatic carbocycles. The van der Waals surface area contributed by atoms with Gasteiger partial charge < -0.3 is 4.42 Å². The molecule has 16 heavy (non-hydrogen) atoms. The molecular formula is C13H12O2S. The minimum atomic E-state index is 0.0243. The molecule has 1 heterocycles. The molecule has 0 radical (unpaired) electrons. The number of carbonyl (C=O) groups is 1. The van der Waals surface area contributed by atoms with E-state index in [0.717, 1.165) is 5.56 Å². The van der Waals surface area contributed by atoms with Crippen molar-refractivity contribution >= 4 is 17.5 Å². The van der Waals surface area contributed by atoms with E-state index < -0.39 is 0 Å². The second-order valence-electron chi connectivity index (χ2n) is 3.48. The van der Waals surface area contributed by atoms with E-state index in [1.165, 1.54) is 11.8 Å². The van der Waals surface area contributed by atoms with Gasteiger partial charge in [-0.2, -0.15) is 0 Å². The molecule has 0 amide bonds. The van der Waals surface area contributed by atoms with Crippen LogP contribution < -0.4 is 0 Å². The molecule has 82 valence electrons. The van der Waals surface area contributed by atoms with Crippen molar-refractivity contribution in [3.05, 3.63) is 53.3 Å². The quantitative estimate of drug-likeness (QED) is 0.599. The average Bonchev–Trinajstić information content (AvgIpc) is 2.70. The third-order valence-corrected chi connectivity index (χ3v) is 3.06. The van der Waals surface area contributed by atoms with Crippen LogP contribution in [0, 0.1) is 6.92 Å². The Bertz CT molecular complexity index is 500. The van der Waals surface area contributed by atoms with Gasteiger partial charge in [-0.3, -0.25) is 4.79 Å². The van der Waals surface area contributed by atoms with E-state index in [0.29, 0.717) is 16.2 Å². The molecule has 0 bridgehead atoms. The summed E-state index contributed by atoms with van der Waals surface area (Å²) in [5.41, 5.74) is 2.26. The average molecular weight is 232 g/mol. The van der Waals surface area contributed by atoms with E-state index in [-0.39, 0.29) is 5.78 Å². The fourth-order valence-corrected chi connectivity index (χ4v) is 2.18. The summed E-state index contributed by atoms with van der Waals surface area (Å²) >= 11 is 1.45. The maximum atomic E-state index is 12.2. The van der Waals surface area contributed by atoms with Crippen LogP contribution in [0.1, 0.15) is 21.5 Å². The van der Waals surface area contributed by atoms with Gasteiger partial charge in [0, 0.05) is 5.56 Å². The summed E-state index contributed by atoms with van der Waals surface area (Å²) in [7, 11) is 0. The molecule has 0 saturated carbocycles. The van der Waals surface area contributed by atoms with Crippen LogP contribution in [-0.4, -0.2) is 12.0 Å². The van der Waals surface area contributed by atoms with Gasteiger partial charge in [0.2, 0.25) is 0 Å². The number of carbonyl (C=O) groups excluding carboxylic acids is 1. The third kappa shape index (κ3) is 1.91. The van der Waals surface area contributed by atoms with Gasteiger partial charge in [0.05, 0.1) is 11.8 Å². The zero-order chi connectivity index (χ0) is 11.5. The zero-order valence-electron chi connectivity index (χ0n) is 9.19. The number of furan rings is 1. The van der Waals surface area contributed by atoms with E-state index in [2.05, 4.69) is 0 Å². The van der Waals surface area contributed by atoms with Crippen LogP contribution in [0.3, 0.4) is 0 Å². The van der Waals surface area contributed by atoms with E-state index in [1.807, 2.05) is 43.5 Å². The monoisotopic (exact) mass is 232 g/mol. The molecule has 2 rings (SSSR count). The number of benzene rings is 1. The summed E-state index contributed by atoms with van der Waals surface area (Å²) in [6, 6.07) is 9.26. The summed E-state index contributed by atoms with van der Waals surface area (Å²) in [6.07, 6.45) is 3.53. The second kappa shape index (κ2) is 4.58. The lowest BCUT2D eigenvalue weighted by atomic mass is 10.0. The summed E-state index contributed by atoms with van der Waals surface area (Å²) in [5.74, 6) is 0.0243. The van der Waals surface area contributed by atoms with Crippen LogP contribution in [0.4, 0.5) is 0 Å². The maximum absolute atomic E-state index is 12.2. The normalized spacial score (nSPS) is 10.4.